The average molecular weight is 196 g/mol. The van der Waals surface area contributed by atoms with Crippen LogP contribution in [-0.2, 0) is 0 Å². The highest BCUT2D eigenvalue weighted by molar-refractivity contribution is 5.92. The van der Waals surface area contributed by atoms with Crippen LogP contribution in [0.3, 0.4) is 0 Å². The maximum Gasteiger partial charge on any atom is 0.336 e. The van der Waals surface area contributed by atoms with E-state index in [4.69, 9.17) is 10.8 Å². The first kappa shape index (κ1) is 9.97. The molecule has 0 aliphatic rings. The normalized spacial score (nSPS) is 9.79. The molecule has 74 valence electrons. The summed E-state index contributed by atoms with van der Waals surface area (Å²) in [6.45, 7) is 1.36. The van der Waals surface area contributed by atoms with Gasteiger partial charge in [0.2, 0.25) is 0 Å². The van der Waals surface area contributed by atoms with Gasteiger partial charge in [0.25, 0.3) is 5.69 Å². The molecule has 0 fully saturated rings. The molecule has 0 saturated heterocycles. The van der Waals surface area contributed by atoms with Gasteiger partial charge in [-0.3, -0.25) is 10.1 Å². The predicted molar refractivity (Wildman–Crippen MR) is 49.2 cm³/mol. The lowest BCUT2D eigenvalue weighted by atomic mass is 10.1. The maximum absolute atomic E-state index is 10.6. The second-order valence-corrected chi connectivity index (χ2v) is 2.74. The number of nitrogens with zero attached hydrogens (tertiary/aromatic N) is 1. The zero-order valence-electron chi connectivity index (χ0n) is 7.35. The topological polar surface area (TPSA) is 106 Å². The van der Waals surface area contributed by atoms with Crippen LogP contribution in [0.5, 0.6) is 0 Å². The Kier molecular flexibility index (Phi) is 2.37. The van der Waals surface area contributed by atoms with Gasteiger partial charge in [0.05, 0.1) is 10.5 Å². The van der Waals surface area contributed by atoms with E-state index in [1.54, 1.807) is 0 Å². The summed E-state index contributed by atoms with van der Waals surface area (Å²) in [6, 6.07) is 2.47. The van der Waals surface area contributed by atoms with Gasteiger partial charge in [0.1, 0.15) is 5.69 Å². The summed E-state index contributed by atoms with van der Waals surface area (Å²) in [6.07, 6.45) is 0. The first-order valence-corrected chi connectivity index (χ1v) is 3.72. The highest BCUT2D eigenvalue weighted by atomic mass is 16.6. The second-order valence-electron chi connectivity index (χ2n) is 2.74. The molecule has 0 spiro atoms. The van der Waals surface area contributed by atoms with Gasteiger partial charge in [-0.2, -0.15) is 0 Å². The summed E-state index contributed by atoms with van der Waals surface area (Å²) in [5.41, 5.74) is 4.95. The van der Waals surface area contributed by atoms with Crippen molar-refractivity contribution >= 4 is 17.3 Å². The molecular weight excluding hydrogens is 188 g/mol. The van der Waals surface area contributed by atoms with Crippen LogP contribution in [0.25, 0.3) is 0 Å². The van der Waals surface area contributed by atoms with Gasteiger partial charge in [0.15, 0.2) is 0 Å². The summed E-state index contributed by atoms with van der Waals surface area (Å²) in [7, 11) is 0. The Labute approximate surface area is 79.1 Å². The molecule has 0 unspecified atom stereocenters. The number of rotatable bonds is 2. The third kappa shape index (κ3) is 1.49. The number of hydrogen-bond acceptors (Lipinski definition) is 4. The maximum atomic E-state index is 10.6. The van der Waals surface area contributed by atoms with Gasteiger partial charge in [0, 0.05) is 5.56 Å². The molecule has 0 aromatic heterocycles. The Balaban J connectivity index is 3.49. The fourth-order valence-corrected chi connectivity index (χ4v) is 1.20. The molecular formula is C8H8N2O4. The summed E-state index contributed by atoms with van der Waals surface area (Å²) >= 11 is 0. The Morgan fingerprint density at radius 3 is 2.57 bits per heavy atom. The van der Waals surface area contributed by atoms with Crippen molar-refractivity contribution in [3.05, 3.63) is 33.4 Å². The fourth-order valence-electron chi connectivity index (χ4n) is 1.20. The van der Waals surface area contributed by atoms with Crippen LogP contribution < -0.4 is 5.73 Å². The Morgan fingerprint density at radius 1 is 1.57 bits per heavy atom. The molecule has 0 aliphatic carbocycles. The van der Waals surface area contributed by atoms with Gasteiger partial charge in [-0.15, -0.1) is 0 Å². The van der Waals surface area contributed by atoms with Crippen LogP contribution in [0.4, 0.5) is 11.4 Å². The van der Waals surface area contributed by atoms with Crippen LogP contribution in [0.1, 0.15) is 15.9 Å². The molecule has 1 rings (SSSR count). The monoisotopic (exact) mass is 196 g/mol. The zero-order chi connectivity index (χ0) is 10.9. The van der Waals surface area contributed by atoms with E-state index in [0.717, 1.165) is 0 Å². The van der Waals surface area contributed by atoms with Crippen LogP contribution in [-0.4, -0.2) is 16.0 Å². The molecule has 0 atom stereocenters. The number of anilines is 1. The number of carbonyl (C=O) groups is 1. The standard InChI is InChI=1S/C8H8N2O4/c1-4-5(8(11)12)2-3-6(9)7(4)10(13)14/h2-3H,9H2,1H3,(H,11,12). The highest BCUT2D eigenvalue weighted by Gasteiger charge is 2.20. The van der Waals surface area contributed by atoms with Crippen molar-refractivity contribution in [2.24, 2.45) is 0 Å². The first-order chi connectivity index (χ1) is 6.45. The van der Waals surface area contributed by atoms with Crippen molar-refractivity contribution < 1.29 is 14.8 Å². The average Bonchev–Trinajstić information content (AvgIpc) is 2.02. The van der Waals surface area contributed by atoms with Crippen molar-refractivity contribution in [2.45, 2.75) is 6.92 Å². The second kappa shape index (κ2) is 3.33. The van der Waals surface area contributed by atoms with Crippen molar-refractivity contribution in [1.82, 2.24) is 0 Å². The van der Waals surface area contributed by atoms with E-state index in [-0.39, 0.29) is 22.5 Å². The van der Waals surface area contributed by atoms with Crippen molar-refractivity contribution in [2.75, 3.05) is 5.73 Å². The lowest BCUT2D eigenvalue weighted by Gasteiger charge is -2.03. The summed E-state index contributed by atoms with van der Waals surface area (Å²) < 4.78 is 0. The first-order valence-electron chi connectivity index (χ1n) is 3.72. The molecule has 1 aromatic carbocycles. The predicted octanol–water partition coefficient (Wildman–Crippen LogP) is 1.18. The quantitative estimate of drug-likeness (QED) is 0.419. The molecule has 0 amide bonds. The number of carboxylic acid groups (broad SMARTS) is 1. The molecule has 6 nitrogen and oxygen atoms in total. The zero-order valence-corrected chi connectivity index (χ0v) is 7.35. The number of hydrogen-bond donors (Lipinski definition) is 2. The smallest absolute Gasteiger partial charge is 0.336 e. The third-order valence-corrected chi connectivity index (χ3v) is 1.88. The van der Waals surface area contributed by atoms with Gasteiger partial charge < -0.3 is 10.8 Å². The summed E-state index contributed by atoms with van der Waals surface area (Å²) in [5.74, 6) is -1.20. The van der Waals surface area contributed by atoms with Gasteiger partial charge in [-0.1, -0.05) is 0 Å². The fraction of sp³-hybridized carbons (Fsp3) is 0.125. The molecule has 1 aromatic rings. The van der Waals surface area contributed by atoms with Gasteiger partial charge in [-0.05, 0) is 19.1 Å². The molecule has 0 radical (unpaired) electrons. The number of benzene rings is 1. The molecule has 0 heterocycles. The molecule has 3 N–H and O–H groups in total. The van der Waals surface area contributed by atoms with E-state index >= 15 is 0 Å². The minimum Gasteiger partial charge on any atom is -0.478 e. The number of nitrogens with two attached hydrogens (primary N) is 1. The SMILES string of the molecule is Cc1c(C(=O)O)ccc(N)c1[N+](=O)[O-]. The van der Waals surface area contributed by atoms with E-state index in [2.05, 4.69) is 0 Å². The minimum atomic E-state index is -1.20. The van der Waals surface area contributed by atoms with Crippen LogP contribution >= 0.6 is 0 Å². The number of nitrogen functional groups attached to an aromatic ring is 1. The number of nitro groups is 1. The molecule has 6 heteroatoms. The lowest BCUT2D eigenvalue weighted by molar-refractivity contribution is -0.384. The van der Waals surface area contributed by atoms with E-state index < -0.39 is 10.9 Å². The van der Waals surface area contributed by atoms with Gasteiger partial charge in [-0.25, -0.2) is 4.79 Å². The van der Waals surface area contributed by atoms with Crippen LogP contribution in [0.15, 0.2) is 12.1 Å². The summed E-state index contributed by atoms with van der Waals surface area (Å²) in [5, 5.41) is 19.2. The Bertz CT molecular complexity index is 414. The van der Waals surface area contributed by atoms with Crippen molar-refractivity contribution in [3.63, 3.8) is 0 Å². The van der Waals surface area contributed by atoms with Crippen LogP contribution in [0, 0.1) is 17.0 Å². The number of nitro benzene ring substituents is 1. The Hall–Kier alpha value is -2.11. The third-order valence-electron chi connectivity index (χ3n) is 1.88. The van der Waals surface area contributed by atoms with Crippen LogP contribution in [0.2, 0.25) is 0 Å². The largest absolute Gasteiger partial charge is 0.478 e. The number of aromatic carboxylic acids is 1. The van der Waals surface area contributed by atoms with E-state index in [1.807, 2.05) is 0 Å². The lowest BCUT2D eigenvalue weighted by Crippen LogP contribution is -2.05. The summed E-state index contributed by atoms with van der Waals surface area (Å²) in [4.78, 5) is 20.5. The van der Waals surface area contributed by atoms with Crippen molar-refractivity contribution in [1.29, 1.82) is 0 Å². The van der Waals surface area contributed by atoms with E-state index in [9.17, 15) is 14.9 Å². The Morgan fingerprint density at radius 2 is 2.14 bits per heavy atom. The molecule has 0 bridgehead atoms. The highest BCUT2D eigenvalue weighted by Crippen LogP contribution is 2.28. The molecule has 0 aliphatic heterocycles. The number of carboxylic acids is 1. The molecule has 0 saturated carbocycles. The molecule has 14 heavy (non-hydrogen) atoms. The van der Waals surface area contributed by atoms with Gasteiger partial charge >= 0.3 is 5.97 Å². The van der Waals surface area contributed by atoms with E-state index in [1.165, 1.54) is 19.1 Å². The van der Waals surface area contributed by atoms with E-state index in [0.29, 0.717) is 0 Å². The minimum absolute atomic E-state index is 0.0301. The van der Waals surface area contributed by atoms with Crippen molar-refractivity contribution in [3.8, 4) is 0 Å².